The zero-order chi connectivity index (χ0) is 16.8. The molecule has 2 nitrogen and oxygen atoms in total. The second-order valence-corrected chi connectivity index (χ2v) is 7.37. The Morgan fingerprint density at radius 1 is 0.909 bits per heavy atom. The Hall–Kier alpha value is -0.313. The molecule has 0 saturated carbocycles. The predicted molar refractivity (Wildman–Crippen MR) is 100 cm³/mol. The van der Waals surface area contributed by atoms with Gasteiger partial charge in [-0.1, -0.05) is 85.5 Å². The van der Waals surface area contributed by atoms with Crippen LogP contribution in [-0.2, 0) is 9.22 Å². The topological polar surface area (TPSA) is 26.3 Å². The first-order valence-corrected chi connectivity index (χ1v) is 10.5. The summed E-state index contributed by atoms with van der Waals surface area (Å²) in [6.45, 7) is 8.98. The van der Waals surface area contributed by atoms with Crippen LogP contribution in [0.1, 0.15) is 105 Å². The van der Waals surface area contributed by atoms with Gasteiger partial charge in [0.15, 0.2) is 0 Å². The molecule has 0 rings (SSSR count). The molecule has 0 fully saturated rings. The summed E-state index contributed by atoms with van der Waals surface area (Å²) in [5.74, 6) is 0.549. The lowest BCUT2D eigenvalue weighted by atomic mass is 9.68. The summed E-state index contributed by atoms with van der Waals surface area (Å²) in [7, 11) is 0.523. The molecule has 0 aliphatic carbocycles. The highest BCUT2D eigenvalue weighted by Gasteiger charge is 2.42. The molecule has 2 atom stereocenters. The quantitative estimate of drug-likeness (QED) is 0.325. The zero-order valence-corrected chi connectivity index (χ0v) is 17.9. The molecule has 0 aromatic heterocycles. The van der Waals surface area contributed by atoms with Gasteiger partial charge in [-0.05, 0) is 25.2 Å². The number of hydrogen-bond donors (Lipinski definition) is 0. The molecule has 0 bridgehead atoms. The van der Waals surface area contributed by atoms with Crippen LogP contribution in [0.3, 0.4) is 0 Å². The molecule has 0 N–H and O–H groups in total. The monoisotopic (exact) mass is 328 g/mol. The van der Waals surface area contributed by atoms with Gasteiger partial charge in [-0.2, -0.15) is 0 Å². The Kier molecular flexibility index (Phi) is 13.0. The number of carbonyl (C=O) groups is 1. The van der Waals surface area contributed by atoms with Gasteiger partial charge in [0, 0.05) is 0 Å². The number of rotatable bonds is 14. The van der Waals surface area contributed by atoms with Crippen LogP contribution in [0.4, 0.5) is 0 Å². The largest absolute Gasteiger partial charge is 0.528 e. The first-order valence-electron chi connectivity index (χ1n) is 9.67. The van der Waals surface area contributed by atoms with E-state index in [0.29, 0.717) is 16.4 Å². The van der Waals surface area contributed by atoms with E-state index in [-0.39, 0.29) is 11.4 Å². The van der Waals surface area contributed by atoms with Crippen LogP contribution in [0.15, 0.2) is 0 Å². The molecule has 0 saturated heterocycles. The molecule has 2 unspecified atom stereocenters. The maximum atomic E-state index is 12.6. The Balaban J connectivity index is 4.80. The van der Waals surface area contributed by atoms with Gasteiger partial charge < -0.3 is 4.43 Å². The molecule has 3 heteroatoms. The second-order valence-electron chi connectivity index (χ2n) is 6.96. The molecule has 0 amide bonds. The molecular weight excluding hydrogens is 288 g/mol. The van der Waals surface area contributed by atoms with Crippen molar-refractivity contribution in [2.75, 3.05) is 0 Å². The van der Waals surface area contributed by atoms with E-state index >= 15 is 0 Å². The smallest absolute Gasteiger partial charge is 0.298 e. The Labute approximate surface area is 142 Å². The fraction of sp³-hybridized carbons (Fsp3) is 0.947. The minimum atomic E-state index is -0.212. The minimum Gasteiger partial charge on any atom is -0.528 e. The summed E-state index contributed by atoms with van der Waals surface area (Å²) in [4.78, 5) is 12.6. The Morgan fingerprint density at radius 2 is 1.50 bits per heavy atom. The normalized spacial score (nSPS) is 15.5. The summed E-state index contributed by atoms with van der Waals surface area (Å²) >= 11 is 0. The molecular formula is C19H40O2Si. The van der Waals surface area contributed by atoms with Crippen LogP contribution < -0.4 is 0 Å². The van der Waals surface area contributed by atoms with Gasteiger partial charge in [-0.25, -0.2) is 0 Å². The molecule has 0 aliphatic heterocycles. The van der Waals surface area contributed by atoms with Gasteiger partial charge in [0.05, 0.1) is 5.41 Å². The van der Waals surface area contributed by atoms with Crippen molar-refractivity contribution >= 4 is 16.5 Å². The van der Waals surface area contributed by atoms with Crippen molar-refractivity contribution in [2.24, 2.45) is 11.3 Å². The number of unbranched alkanes of at least 4 members (excludes halogenated alkanes) is 6. The minimum absolute atomic E-state index is 0.0977. The highest BCUT2D eigenvalue weighted by atomic mass is 28.2. The van der Waals surface area contributed by atoms with Gasteiger partial charge in [0.2, 0.25) is 10.5 Å². The van der Waals surface area contributed by atoms with Crippen molar-refractivity contribution in [3.05, 3.63) is 0 Å². The van der Waals surface area contributed by atoms with E-state index in [1.165, 1.54) is 57.8 Å². The highest BCUT2D eigenvalue weighted by molar-refractivity contribution is 6.06. The van der Waals surface area contributed by atoms with Gasteiger partial charge in [-0.15, -0.1) is 0 Å². The van der Waals surface area contributed by atoms with Crippen LogP contribution in [-0.4, -0.2) is 16.5 Å². The molecule has 22 heavy (non-hydrogen) atoms. The van der Waals surface area contributed by atoms with E-state index in [1.807, 2.05) is 0 Å². The van der Waals surface area contributed by atoms with E-state index in [0.717, 1.165) is 19.3 Å². The van der Waals surface area contributed by atoms with Gasteiger partial charge in [0.1, 0.15) is 0 Å². The lowest BCUT2D eigenvalue weighted by Crippen LogP contribution is -2.39. The average molecular weight is 329 g/mol. The van der Waals surface area contributed by atoms with Crippen LogP contribution in [0.2, 0.25) is 0 Å². The van der Waals surface area contributed by atoms with Crippen molar-refractivity contribution in [2.45, 2.75) is 105 Å². The van der Waals surface area contributed by atoms with Crippen LogP contribution in [0.25, 0.3) is 0 Å². The third-order valence-corrected chi connectivity index (χ3v) is 5.57. The molecule has 0 radical (unpaired) electrons. The van der Waals surface area contributed by atoms with Crippen LogP contribution in [0.5, 0.6) is 0 Å². The summed E-state index contributed by atoms with van der Waals surface area (Å²) in [6, 6.07) is 0. The fourth-order valence-electron chi connectivity index (χ4n) is 3.69. The first-order chi connectivity index (χ1) is 10.6. The van der Waals surface area contributed by atoms with E-state index in [9.17, 15) is 4.79 Å². The lowest BCUT2D eigenvalue weighted by Gasteiger charge is -2.37. The highest BCUT2D eigenvalue weighted by Crippen LogP contribution is 2.42. The molecule has 0 aliphatic rings. The van der Waals surface area contributed by atoms with Gasteiger partial charge in [-0.3, -0.25) is 4.79 Å². The molecule has 0 aromatic carbocycles. The average Bonchev–Trinajstić information content (AvgIpc) is 2.53. The van der Waals surface area contributed by atoms with Crippen molar-refractivity contribution in [3.8, 4) is 0 Å². The summed E-state index contributed by atoms with van der Waals surface area (Å²) in [6.07, 6.45) is 14.4. The van der Waals surface area contributed by atoms with Crippen LogP contribution in [0, 0.1) is 11.3 Å². The standard InChI is InChI=1S/C19H40O2Si/c1-5-8-10-12-14-17(4)19(15-7-3,18(20)21-22)16-13-11-9-6-2/h17H,5-16H2,1-4,22H3. The van der Waals surface area contributed by atoms with E-state index in [4.69, 9.17) is 4.43 Å². The molecule has 0 spiro atoms. The third kappa shape index (κ3) is 7.30. The summed E-state index contributed by atoms with van der Waals surface area (Å²) in [5, 5.41) is 0. The van der Waals surface area contributed by atoms with Crippen molar-refractivity contribution in [3.63, 3.8) is 0 Å². The molecule has 0 heterocycles. The van der Waals surface area contributed by atoms with Crippen molar-refractivity contribution in [1.82, 2.24) is 0 Å². The van der Waals surface area contributed by atoms with Gasteiger partial charge in [0.25, 0.3) is 5.97 Å². The van der Waals surface area contributed by atoms with E-state index in [2.05, 4.69) is 27.7 Å². The summed E-state index contributed by atoms with van der Waals surface area (Å²) in [5.41, 5.74) is -0.212. The SMILES string of the molecule is CCCCCCC(C)C(CCC)(CCCCCC)C(=O)O[SiH3]. The van der Waals surface area contributed by atoms with E-state index < -0.39 is 0 Å². The fourth-order valence-corrected chi connectivity index (χ4v) is 4.10. The van der Waals surface area contributed by atoms with Crippen LogP contribution >= 0.6 is 0 Å². The molecule has 0 aromatic rings. The Morgan fingerprint density at radius 3 is 2.00 bits per heavy atom. The third-order valence-electron chi connectivity index (χ3n) is 5.20. The van der Waals surface area contributed by atoms with Crippen molar-refractivity contribution in [1.29, 1.82) is 0 Å². The van der Waals surface area contributed by atoms with Crippen molar-refractivity contribution < 1.29 is 9.22 Å². The molecule has 132 valence electrons. The lowest BCUT2D eigenvalue weighted by molar-refractivity contribution is -0.150. The first kappa shape index (κ1) is 21.7. The summed E-state index contributed by atoms with van der Waals surface area (Å²) < 4.78 is 5.37. The number of hydrogen-bond acceptors (Lipinski definition) is 2. The zero-order valence-electron chi connectivity index (χ0n) is 15.9. The maximum absolute atomic E-state index is 12.6. The number of carbonyl (C=O) groups excluding carboxylic acids is 1. The van der Waals surface area contributed by atoms with E-state index in [1.54, 1.807) is 0 Å². The predicted octanol–water partition coefficient (Wildman–Crippen LogP) is 5.17. The van der Waals surface area contributed by atoms with Gasteiger partial charge >= 0.3 is 0 Å². The Bertz CT molecular complexity index is 281. The maximum Gasteiger partial charge on any atom is 0.298 e. The second kappa shape index (κ2) is 13.2.